The van der Waals surface area contributed by atoms with Gasteiger partial charge in [-0.05, 0) is 126 Å². The number of fused-ring (bicyclic) bond motifs is 4. The van der Waals surface area contributed by atoms with Crippen LogP contribution in [0.15, 0.2) is 146 Å². The van der Waals surface area contributed by atoms with E-state index >= 15 is 9.18 Å². The van der Waals surface area contributed by atoms with Crippen LogP contribution in [0.4, 0.5) is 8.78 Å². The number of halogens is 2. The van der Waals surface area contributed by atoms with E-state index in [4.69, 9.17) is 20.4 Å². The van der Waals surface area contributed by atoms with Crippen LogP contribution in [-0.2, 0) is 24.9 Å². The Balaban J connectivity index is 0.806. The van der Waals surface area contributed by atoms with E-state index in [-0.39, 0.29) is 58.1 Å². The molecule has 6 aromatic carbocycles. The lowest BCUT2D eigenvalue weighted by molar-refractivity contribution is 0.0755. The molecule has 4 aromatic heterocycles. The topological polar surface area (TPSA) is 138 Å². The van der Waals surface area contributed by atoms with Crippen LogP contribution in [0.2, 0.25) is 0 Å². The second-order valence-electron chi connectivity index (χ2n) is 20.8. The Morgan fingerprint density at radius 2 is 1.12 bits per heavy atom. The monoisotopic (exact) mass is 982 g/mol. The van der Waals surface area contributed by atoms with Gasteiger partial charge in [0, 0.05) is 79.3 Å². The summed E-state index contributed by atoms with van der Waals surface area (Å²) in [6.45, 7) is 6.26. The molecular formula is C58H48F2N12O2. The second kappa shape index (κ2) is 15.9. The second-order valence-corrected chi connectivity index (χ2v) is 20.8. The van der Waals surface area contributed by atoms with Crippen LogP contribution in [0, 0.1) is 37.3 Å². The molecule has 0 bridgehead atoms. The first-order chi connectivity index (χ1) is 35.9. The van der Waals surface area contributed by atoms with Crippen molar-refractivity contribution in [1.29, 1.82) is 0 Å². The van der Waals surface area contributed by atoms with Gasteiger partial charge in [0.25, 0.3) is 11.8 Å². The number of benzene rings is 6. The van der Waals surface area contributed by atoms with Crippen LogP contribution < -0.4 is 0 Å². The van der Waals surface area contributed by atoms with Crippen molar-refractivity contribution in [3.05, 3.63) is 202 Å². The number of likely N-dealkylation sites (tertiary alicyclic amines) is 2. The minimum Gasteiger partial charge on any atom is -0.336 e. The predicted molar refractivity (Wildman–Crippen MR) is 273 cm³/mol. The van der Waals surface area contributed by atoms with E-state index in [9.17, 15) is 9.18 Å². The number of carbonyl (C=O) groups is 2. The zero-order chi connectivity index (χ0) is 50.4. The summed E-state index contributed by atoms with van der Waals surface area (Å²) in [5, 5.41) is 29.4. The zero-order valence-corrected chi connectivity index (χ0v) is 40.9. The van der Waals surface area contributed by atoms with E-state index in [1.54, 1.807) is 37.0 Å². The number of hydrogen-bond acceptors (Lipinski definition) is 8. The van der Waals surface area contributed by atoms with E-state index < -0.39 is 11.2 Å². The largest absolute Gasteiger partial charge is 0.336 e. The van der Waals surface area contributed by atoms with Crippen LogP contribution in [0.25, 0.3) is 44.4 Å². The van der Waals surface area contributed by atoms with E-state index in [1.807, 2.05) is 39.0 Å². The van der Waals surface area contributed by atoms with Gasteiger partial charge in [0.15, 0.2) is 11.4 Å². The summed E-state index contributed by atoms with van der Waals surface area (Å²) in [5.41, 5.74) is 10.3. The van der Waals surface area contributed by atoms with Crippen LogP contribution in [0.3, 0.4) is 0 Å². The molecule has 4 aliphatic rings. The average molecular weight is 983 g/mol. The molecule has 16 heteroatoms. The van der Waals surface area contributed by atoms with Gasteiger partial charge >= 0.3 is 0 Å². The third-order valence-electron chi connectivity index (χ3n) is 16.7. The summed E-state index contributed by atoms with van der Waals surface area (Å²) in [7, 11) is 3.38. The van der Waals surface area contributed by atoms with Gasteiger partial charge in [0.05, 0.1) is 41.0 Å². The summed E-state index contributed by atoms with van der Waals surface area (Å²) >= 11 is 0. The third kappa shape index (κ3) is 6.45. The lowest BCUT2D eigenvalue weighted by Crippen LogP contribution is -2.35. The SMILES string of the molecule is Cc1cc2c(cnn2-c2ccc(F)cc2)cc1[C@@]12CN(C(=O)c3nn(C)nc3-c3cc(F)ccc3-n3ncc4cc([C@]56CN(C(=O)c7cnn(C)n7)C[C@H]5[C@@H]6c5ccccc5)c(C)cc43)C[C@@H]1[C@H]2c1ccccc1. The molecule has 366 valence electrons. The number of amides is 2. The van der Waals surface area contributed by atoms with Crippen molar-refractivity contribution in [3.8, 4) is 22.6 Å². The van der Waals surface area contributed by atoms with Gasteiger partial charge in [-0.3, -0.25) is 9.59 Å². The number of piperidine rings is 2. The van der Waals surface area contributed by atoms with Crippen molar-refractivity contribution in [2.75, 3.05) is 26.2 Å². The maximum absolute atomic E-state index is 15.7. The van der Waals surface area contributed by atoms with Crippen molar-refractivity contribution >= 4 is 33.6 Å². The molecule has 0 unspecified atom stereocenters. The summed E-state index contributed by atoms with van der Waals surface area (Å²) in [6.07, 6.45) is 5.19. The number of rotatable bonds is 9. The Hall–Kier alpha value is -8.66. The fourth-order valence-corrected chi connectivity index (χ4v) is 13.5. The molecule has 6 heterocycles. The molecule has 2 saturated heterocycles. The first-order valence-electron chi connectivity index (χ1n) is 24.9. The zero-order valence-electron chi connectivity index (χ0n) is 40.9. The molecule has 10 aromatic rings. The molecule has 2 saturated carbocycles. The predicted octanol–water partition coefficient (Wildman–Crippen LogP) is 8.80. The molecule has 74 heavy (non-hydrogen) atoms. The number of hydrogen-bond donors (Lipinski definition) is 0. The molecule has 2 aliphatic heterocycles. The van der Waals surface area contributed by atoms with E-state index in [0.29, 0.717) is 43.1 Å². The first-order valence-corrected chi connectivity index (χ1v) is 24.9. The minimum absolute atomic E-state index is 0.116. The van der Waals surface area contributed by atoms with Gasteiger partial charge in [-0.2, -0.15) is 30.0 Å². The Bertz CT molecular complexity index is 3940. The molecule has 2 aliphatic carbocycles. The van der Waals surface area contributed by atoms with Gasteiger partial charge in [-0.15, -0.1) is 10.2 Å². The maximum Gasteiger partial charge on any atom is 0.276 e. The summed E-state index contributed by atoms with van der Waals surface area (Å²) in [4.78, 5) is 35.5. The van der Waals surface area contributed by atoms with Gasteiger partial charge in [0.2, 0.25) is 0 Å². The highest BCUT2D eigenvalue weighted by Crippen LogP contribution is 2.71. The van der Waals surface area contributed by atoms with Crippen molar-refractivity contribution in [2.24, 2.45) is 25.9 Å². The van der Waals surface area contributed by atoms with Crippen molar-refractivity contribution < 1.29 is 18.4 Å². The highest BCUT2D eigenvalue weighted by molar-refractivity contribution is 6.00. The highest BCUT2D eigenvalue weighted by atomic mass is 19.1. The normalized spacial score (nSPS) is 22.7. The molecule has 4 fully saturated rings. The van der Waals surface area contributed by atoms with Crippen molar-refractivity contribution in [1.82, 2.24) is 59.3 Å². The fraction of sp³-hybridized carbons (Fsp3) is 0.241. The molecule has 14 nitrogen and oxygen atoms in total. The van der Waals surface area contributed by atoms with Crippen LogP contribution in [-0.4, -0.2) is 97.3 Å². The number of nitrogens with zero attached hydrogens (tertiary/aromatic N) is 12. The fourth-order valence-electron chi connectivity index (χ4n) is 13.5. The summed E-state index contributed by atoms with van der Waals surface area (Å²) in [5.74, 6) is -0.531. The smallest absolute Gasteiger partial charge is 0.276 e. The lowest BCUT2D eigenvalue weighted by Gasteiger charge is -2.25. The summed E-state index contributed by atoms with van der Waals surface area (Å²) < 4.78 is 33.2. The Morgan fingerprint density at radius 3 is 1.70 bits per heavy atom. The van der Waals surface area contributed by atoms with Gasteiger partial charge in [0.1, 0.15) is 17.3 Å². The average Bonchev–Trinajstić information content (AvgIpc) is 4.04. The first kappa shape index (κ1) is 44.1. The van der Waals surface area contributed by atoms with E-state index in [0.717, 1.165) is 49.7 Å². The lowest BCUT2D eigenvalue weighted by atomic mass is 9.86. The van der Waals surface area contributed by atoms with E-state index in [1.165, 1.54) is 51.2 Å². The quantitative estimate of drug-likeness (QED) is 0.140. The van der Waals surface area contributed by atoms with E-state index in [2.05, 4.69) is 96.8 Å². The molecule has 0 N–H and O–H groups in total. The molecule has 6 atom stereocenters. The molecule has 14 rings (SSSR count). The number of carbonyl (C=O) groups excluding carboxylic acids is 2. The van der Waals surface area contributed by atoms with Crippen LogP contribution in [0.5, 0.6) is 0 Å². The van der Waals surface area contributed by atoms with Gasteiger partial charge in [-0.25, -0.2) is 18.1 Å². The van der Waals surface area contributed by atoms with Gasteiger partial charge in [-0.1, -0.05) is 60.7 Å². The maximum atomic E-state index is 15.7. The van der Waals surface area contributed by atoms with Crippen molar-refractivity contribution in [2.45, 2.75) is 36.5 Å². The summed E-state index contributed by atoms with van der Waals surface area (Å²) in [6, 6.07) is 40.5. The Morgan fingerprint density at radius 1 is 0.568 bits per heavy atom. The minimum atomic E-state index is -0.490. The molecule has 2 amide bonds. The van der Waals surface area contributed by atoms with Gasteiger partial charge < -0.3 is 9.80 Å². The molecule has 0 spiro atoms. The highest BCUT2D eigenvalue weighted by Gasteiger charge is 2.72. The molecular weight excluding hydrogens is 935 g/mol. The number of aryl methyl sites for hydroxylation is 4. The van der Waals surface area contributed by atoms with Crippen LogP contribution >= 0.6 is 0 Å². The van der Waals surface area contributed by atoms with Crippen LogP contribution in [0.1, 0.15) is 66.2 Å². The molecule has 0 radical (unpaired) electrons. The third-order valence-corrected chi connectivity index (χ3v) is 16.7. The number of aromatic nitrogens is 10. The van der Waals surface area contributed by atoms with Crippen molar-refractivity contribution in [3.63, 3.8) is 0 Å². The standard InChI is InChI=1S/C58H48F2N12O2/c1-33-21-49-37(26-62-71(49)41-18-15-39(59)16-19-41)23-43(33)58-32-70(30-46(58)52(58)36-13-9-6-10-14-36)56(74)54-53(65-68(4)66-54)42-25-40(60)17-20-48(42)72-50-22-34(2)44(24-38(50)27-63-72)57-31-69(55(73)47-28-61-67(3)64-47)29-45(57)51(57)35-11-7-5-8-12-35/h5-28,45-46,51-52H,29-32H2,1-4H3/t45-,46+,51-,52+,57+,58-/m0/s1. The Kier molecular flexibility index (Phi) is 9.48. The Labute approximate surface area is 423 Å².